The lowest BCUT2D eigenvalue weighted by Gasteiger charge is -2.26. The van der Waals surface area contributed by atoms with Crippen molar-refractivity contribution in [3.05, 3.63) is 5.57 Å². The molecular weight excluding hydrogens is 238 g/mol. The van der Waals surface area contributed by atoms with E-state index in [1.165, 1.54) is 13.8 Å². The molecule has 96 valence electrons. The fourth-order valence-corrected chi connectivity index (χ4v) is 1.11. The van der Waals surface area contributed by atoms with Gasteiger partial charge in [-0.3, -0.25) is 4.79 Å². The van der Waals surface area contributed by atoms with E-state index in [9.17, 15) is 23.2 Å². The van der Waals surface area contributed by atoms with E-state index in [0.717, 1.165) is 5.94 Å². The molecule has 0 aromatic carbocycles. The molecule has 0 spiro atoms. The average molecular weight is 250 g/mol. The molecule has 5 nitrogen and oxygen atoms in total. The summed E-state index contributed by atoms with van der Waals surface area (Å²) in [6.07, 6.45) is -3.67. The lowest BCUT2D eigenvalue weighted by atomic mass is 9.96. The minimum Gasteiger partial charge on any atom is -0.462 e. The van der Waals surface area contributed by atoms with Crippen LogP contribution in [0.4, 0.5) is 8.78 Å². The van der Waals surface area contributed by atoms with Gasteiger partial charge in [-0.2, -0.15) is 0 Å². The van der Waals surface area contributed by atoms with Gasteiger partial charge in [0.1, 0.15) is 5.94 Å². The number of esters is 1. The van der Waals surface area contributed by atoms with Crippen LogP contribution in [0.2, 0.25) is 0 Å². The van der Waals surface area contributed by atoms with Gasteiger partial charge in [-0.1, -0.05) is 0 Å². The van der Waals surface area contributed by atoms with Gasteiger partial charge in [0, 0.05) is 6.61 Å². The Hall–Kier alpha value is -1.59. The van der Waals surface area contributed by atoms with Crippen LogP contribution in [0.1, 0.15) is 13.8 Å². The quantitative estimate of drug-likeness (QED) is 0.285. The normalized spacial score (nSPS) is 13.7. The Bertz CT molecular complexity index is 336. The van der Waals surface area contributed by atoms with Crippen molar-refractivity contribution in [2.75, 3.05) is 13.2 Å². The summed E-state index contributed by atoms with van der Waals surface area (Å²) in [4.78, 5) is 32.6. The topological polar surface area (TPSA) is 69.7 Å². The number of rotatable bonds is 7. The van der Waals surface area contributed by atoms with Crippen LogP contribution in [0, 0.1) is 0 Å². The molecule has 0 aromatic heterocycles. The van der Waals surface area contributed by atoms with E-state index in [-0.39, 0.29) is 19.5 Å². The summed E-state index contributed by atoms with van der Waals surface area (Å²) >= 11 is 0. The van der Waals surface area contributed by atoms with Crippen LogP contribution in [-0.4, -0.2) is 43.4 Å². The van der Waals surface area contributed by atoms with Gasteiger partial charge < -0.3 is 9.47 Å². The van der Waals surface area contributed by atoms with Gasteiger partial charge in [0.25, 0.3) is 6.43 Å². The highest BCUT2D eigenvalue weighted by Crippen LogP contribution is 2.26. The van der Waals surface area contributed by atoms with Crippen molar-refractivity contribution >= 4 is 18.2 Å². The first-order chi connectivity index (χ1) is 7.99. The minimum atomic E-state index is -3.37. The molecule has 0 aromatic rings. The SMILES string of the molecule is CCOC(=O)C(=C=O)C(C=O)(OCC)C(F)F. The number of halogens is 2. The van der Waals surface area contributed by atoms with Crippen molar-refractivity contribution < 1.29 is 32.6 Å². The molecule has 0 aliphatic heterocycles. The predicted molar refractivity (Wildman–Crippen MR) is 52.3 cm³/mol. The van der Waals surface area contributed by atoms with Crippen molar-refractivity contribution in [1.29, 1.82) is 0 Å². The van der Waals surface area contributed by atoms with Crippen LogP contribution in [-0.2, 0) is 23.9 Å². The van der Waals surface area contributed by atoms with Crippen molar-refractivity contribution in [1.82, 2.24) is 0 Å². The van der Waals surface area contributed by atoms with Crippen LogP contribution >= 0.6 is 0 Å². The second-order valence-electron chi connectivity index (χ2n) is 2.84. The van der Waals surface area contributed by atoms with Gasteiger partial charge in [-0.15, -0.1) is 0 Å². The van der Waals surface area contributed by atoms with E-state index in [1.54, 1.807) is 0 Å². The van der Waals surface area contributed by atoms with Crippen LogP contribution in [0.15, 0.2) is 5.57 Å². The second-order valence-corrected chi connectivity index (χ2v) is 2.84. The molecule has 0 bridgehead atoms. The van der Waals surface area contributed by atoms with Crippen LogP contribution in [0.5, 0.6) is 0 Å². The molecular formula is C10H12F2O5. The van der Waals surface area contributed by atoms with Crippen LogP contribution in [0.3, 0.4) is 0 Å². The molecule has 0 radical (unpaired) electrons. The summed E-state index contributed by atoms with van der Waals surface area (Å²) in [6.45, 7) is 2.35. The molecule has 1 unspecified atom stereocenters. The van der Waals surface area contributed by atoms with Crippen LogP contribution in [0.25, 0.3) is 0 Å². The summed E-state index contributed by atoms with van der Waals surface area (Å²) in [5.74, 6) is -0.344. The zero-order valence-electron chi connectivity index (χ0n) is 9.37. The molecule has 0 aliphatic carbocycles. The van der Waals surface area contributed by atoms with Gasteiger partial charge >= 0.3 is 5.97 Å². The lowest BCUT2D eigenvalue weighted by molar-refractivity contribution is -0.157. The van der Waals surface area contributed by atoms with Crippen molar-refractivity contribution in [3.8, 4) is 0 Å². The fraction of sp³-hybridized carbons (Fsp3) is 0.600. The first-order valence-electron chi connectivity index (χ1n) is 4.81. The molecule has 17 heavy (non-hydrogen) atoms. The molecule has 1 atom stereocenters. The van der Waals surface area contributed by atoms with Crippen molar-refractivity contribution in [3.63, 3.8) is 0 Å². The highest BCUT2D eigenvalue weighted by atomic mass is 19.3. The second kappa shape index (κ2) is 6.88. The number of hydrogen-bond donors (Lipinski definition) is 0. The maximum absolute atomic E-state index is 12.8. The molecule has 0 fully saturated rings. The largest absolute Gasteiger partial charge is 0.462 e. The van der Waals surface area contributed by atoms with Crippen LogP contribution < -0.4 is 0 Å². The molecule has 0 aliphatic rings. The number of alkyl halides is 2. The average Bonchev–Trinajstić information content (AvgIpc) is 2.28. The van der Waals surface area contributed by atoms with E-state index < -0.39 is 23.6 Å². The highest BCUT2D eigenvalue weighted by molar-refractivity contribution is 6.03. The summed E-state index contributed by atoms with van der Waals surface area (Å²) < 4.78 is 34.6. The third-order valence-electron chi connectivity index (χ3n) is 1.85. The Labute approximate surface area is 96.4 Å². The lowest BCUT2D eigenvalue weighted by Crippen LogP contribution is -2.47. The summed E-state index contributed by atoms with van der Waals surface area (Å²) in [5.41, 5.74) is -4.07. The Morgan fingerprint density at radius 3 is 2.29 bits per heavy atom. The molecule has 0 heterocycles. The van der Waals surface area contributed by atoms with E-state index in [1.807, 2.05) is 0 Å². The van der Waals surface area contributed by atoms with E-state index in [2.05, 4.69) is 9.47 Å². The Morgan fingerprint density at radius 1 is 1.41 bits per heavy atom. The maximum Gasteiger partial charge on any atom is 0.348 e. The van der Waals surface area contributed by atoms with Gasteiger partial charge in [0.15, 0.2) is 11.9 Å². The van der Waals surface area contributed by atoms with Gasteiger partial charge in [0.05, 0.1) is 6.61 Å². The predicted octanol–water partition coefficient (Wildman–Crippen LogP) is 0.547. The first kappa shape index (κ1) is 15.4. The molecule has 0 saturated carbocycles. The Kier molecular flexibility index (Phi) is 6.23. The van der Waals surface area contributed by atoms with Crippen molar-refractivity contribution in [2.24, 2.45) is 0 Å². The molecule has 0 rings (SSSR count). The monoisotopic (exact) mass is 250 g/mol. The fourth-order valence-electron chi connectivity index (χ4n) is 1.11. The minimum absolute atomic E-state index is 0.131. The van der Waals surface area contributed by atoms with Gasteiger partial charge in [-0.05, 0) is 13.8 Å². The molecule has 0 amide bonds. The number of ether oxygens (including phenoxy) is 2. The third-order valence-corrected chi connectivity index (χ3v) is 1.85. The van der Waals surface area contributed by atoms with Crippen molar-refractivity contribution in [2.45, 2.75) is 25.9 Å². The number of carbonyl (C=O) groups excluding carboxylic acids is 3. The van der Waals surface area contributed by atoms with Gasteiger partial charge in [0.2, 0.25) is 5.60 Å². The maximum atomic E-state index is 12.8. The van der Waals surface area contributed by atoms with E-state index >= 15 is 0 Å². The highest BCUT2D eigenvalue weighted by Gasteiger charge is 2.50. The number of carbonyl (C=O) groups is 2. The Morgan fingerprint density at radius 2 is 2.00 bits per heavy atom. The van der Waals surface area contributed by atoms with E-state index in [0.29, 0.717) is 0 Å². The smallest absolute Gasteiger partial charge is 0.348 e. The Balaban J connectivity index is 5.48. The van der Waals surface area contributed by atoms with E-state index in [4.69, 9.17) is 0 Å². The zero-order valence-corrected chi connectivity index (χ0v) is 9.37. The zero-order chi connectivity index (χ0) is 13.5. The molecule has 0 saturated heterocycles. The van der Waals surface area contributed by atoms with Gasteiger partial charge in [-0.25, -0.2) is 18.4 Å². The molecule has 0 N–H and O–H groups in total. The summed E-state index contributed by atoms with van der Waals surface area (Å²) in [6, 6.07) is 0. The number of hydrogen-bond acceptors (Lipinski definition) is 5. The summed E-state index contributed by atoms with van der Waals surface area (Å²) in [5, 5.41) is 0. The summed E-state index contributed by atoms with van der Waals surface area (Å²) in [7, 11) is 0. The number of aldehydes is 1. The third kappa shape index (κ3) is 3.18. The molecule has 7 heteroatoms. The first-order valence-corrected chi connectivity index (χ1v) is 4.81. The standard InChI is InChI=1S/C10H12F2O5/c1-3-16-8(15)7(5-13)10(6-14,9(11)12)17-4-2/h6,9H,3-4H2,1-2H3.